The van der Waals surface area contributed by atoms with Crippen LogP contribution in [0.2, 0.25) is 0 Å². The highest BCUT2D eigenvalue weighted by Gasteiger charge is 2.10. The van der Waals surface area contributed by atoms with E-state index in [1.165, 1.54) is 16.6 Å². The van der Waals surface area contributed by atoms with Crippen LogP contribution >= 0.6 is 0 Å². The molecule has 0 unspecified atom stereocenters. The minimum absolute atomic E-state index is 0. The number of hydrogen-bond acceptors (Lipinski definition) is 1. The molecule has 0 amide bonds. The highest BCUT2D eigenvalue weighted by molar-refractivity contribution is 5.78. The summed E-state index contributed by atoms with van der Waals surface area (Å²) in [6, 6.07) is 20.3. The summed E-state index contributed by atoms with van der Waals surface area (Å²) in [4.78, 5) is 10.7. The highest BCUT2D eigenvalue weighted by Crippen LogP contribution is 2.13. The molecule has 0 aliphatic carbocycles. The molecule has 0 atom stereocenters. The van der Waals surface area contributed by atoms with Crippen LogP contribution in [0.25, 0.3) is 23.1 Å². The fourth-order valence-electron chi connectivity index (χ4n) is 2.64. The number of rotatable bonds is 4. The van der Waals surface area contributed by atoms with Gasteiger partial charge in [-0.3, -0.25) is 4.79 Å². The van der Waals surface area contributed by atoms with Gasteiger partial charge >= 0.3 is 0 Å². The maximum Gasteiger partial charge on any atom is 0.212 e. The molecular weight excluding hydrogens is 350 g/mol. The molecule has 3 rings (SSSR count). The summed E-state index contributed by atoms with van der Waals surface area (Å²) in [5.74, 6) is 0. The molecule has 2 aromatic carbocycles. The Balaban J connectivity index is 0.00000192. The molecule has 0 spiro atoms. The Morgan fingerprint density at radius 2 is 1.57 bits per heavy atom. The van der Waals surface area contributed by atoms with Gasteiger partial charge < -0.3 is 17.0 Å². The Bertz CT molecular complexity index is 838. The minimum atomic E-state index is 0. The zero-order chi connectivity index (χ0) is 15.4. The first-order valence-corrected chi connectivity index (χ1v) is 7.47. The van der Waals surface area contributed by atoms with Crippen LogP contribution in [0, 0.1) is 0 Å². The predicted octanol–water partition coefficient (Wildman–Crippen LogP) is 1.13. The Labute approximate surface area is 146 Å². The largest absolute Gasteiger partial charge is 1.00 e. The molecule has 0 bridgehead atoms. The maximum atomic E-state index is 10.7. The molecular formula is C20H18BrNO. The lowest BCUT2D eigenvalue weighted by Crippen LogP contribution is -3.00. The van der Waals surface area contributed by atoms with Crippen molar-refractivity contribution in [2.45, 2.75) is 13.5 Å². The van der Waals surface area contributed by atoms with Gasteiger partial charge in [0.25, 0.3) is 0 Å². The van der Waals surface area contributed by atoms with Crippen LogP contribution in [0.15, 0.2) is 60.7 Å². The van der Waals surface area contributed by atoms with Crippen molar-refractivity contribution in [3.8, 4) is 0 Å². The number of hydrogen-bond donors (Lipinski definition) is 0. The first-order valence-electron chi connectivity index (χ1n) is 7.47. The van der Waals surface area contributed by atoms with Crippen LogP contribution in [0.5, 0.6) is 0 Å². The van der Waals surface area contributed by atoms with E-state index in [1.807, 2.05) is 24.3 Å². The van der Waals surface area contributed by atoms with Gasteiger partial charge in [0.05, 0.1) is 0 Å². The fourth-order valence-corrected chi connectivity index (χ4v) is 2.64. The van der Waals surface area contributed by atoms with Crippen LogP contribution in [-0.4, -0.2) is 6.29 Å². The fraction of sp³-hybridized carbons (Fsp3) is 0.100. The third-order valence-corrected chi connectivity index (χ3v) is 3.81. The molecule has 0 aliphatic rings. The van der Waals surface area contributed by atoms with E-state index in [9.17, 15) is 4.79 Å². The van der Waals surface area contributed by atoms with Gasteiger partial charge in [-0.2, -0.15) is 4.57 Å². The number of aldehydes is 1. The van der Waals surface area contributed by atoms with Gasteiger partial charge in [0.1, 0.15) is 12.8 Å². The average Bonchev–Trinajstić information content (AvgIpc) is 2.59. The number of para-hydroxylation sites is 1. The highest BCUT2D eigenvalue weighted by atomic mass is 79.9. The summed E-state index contributed by atoms with van der Waals surface area (Å²) in [5, 5.41) is 1.25. The van der Waals surface area contributed by atoms with Gasteiger partial charge in [0, 0.05) is 29.2 Å². The van der Waals surface area contributed by atoms with Gasteiger partial charge in [-0.05, 0) is 30.7 Å². The van der Waals surface area contributed by atoms with Gasteiger partial charge in [-0.15, -0.1) is 0 Å². The number of pyridine rings is 1. The second kappa shape index (κ2) is 7.84. The molecule has 0 radical (unpaired) electrons. The molecule has 0 N–H and O–H groups in total. The number of halogens is 1. The van der Waals surface area contributed by atoms with Gasteiger partial charge in [-0.1, -0.05) is 36.4 Å². The zero-order valence-corrected chi connectivity index (χ0v) is 14.5. The van der Waals surface area contributed by atoms with Crippen LogP contribution in [-0.2, 0) is 6.54 Å². The van der Waals surface area contributed by atoms with E-state index < -0.39 is 0 Å². The third kappa shape index (κ3) is 3.74. The lowest BCUT2D eigenvalue weighted by Gasteiger charge is -2.02. The summed E-state index contributed by atoms with van der Waals surface area (Å²) in [6.07, 6.45) is 5.05. The quantitative estimate of drug-likeness (QED) is 0.500. The van der Waals surface area contributed by atoms with Crippen molar-refractivity contribution in [2.24, 2.45) is 0 Å². The second-order valence-corrected chi connectivity index (χ2v) is 5.18. The van der Waals surface area contributed by atoms with Crippen molar-refractivity contribution in [1.29, 1.82) is 0 Å². The van der Waals surface area contributed by atoms with Gasteiger partial charge in [0.2, 0.25) is 11.2 Å². The van der Waals surface area contributed by atoms with Crippen molar-refractivity contribution in [2.75, 3.05) is 0 Å². The molecule has 0 saturated heterocycles. The molecule has 0 fully saturated rings. The first kappa shape index (κ1) is 17.1. The summed E-state index contributed by atoms with van der Waals surface area (Å²) in [7, 11) is 0. The van der Waals surface area contributed by atoms with E-state index >= 15 is 0 Å². The van der Waals surface area contributed by atoms with Crippen LogP contribution in [0.3, 0.4) is 0 Å². The smallest absolute Gasteiger partial charge is 0.212 e. The van der Waals surface area contributed by atoms with E-state index in [1.54, 1.807) is 0 Å². The Morgan fingerprint density at radius 3 is 2.26 bits per heavy atom. The Kier molecular flexibility index (Phi) is 5.83. The summed E-state index contributed by atoms with van der Waals surface area (Å²) in [6.45, 7) is 3.08. The van der Waals surface area contributed by atoms with Gasteiger partial charge in [-0.25, -0.2) is 0 Å². The number of carbonyl (C=O) groups excluding carboxylic acids is 1. The van der Waals surface area contributed by atoms with Crippen LogP contribution < -0.4 is 21.5 Å². The molecule has 116 valence electrons. The lowest BCUT2D eigenvalue weighted by molar-refractivity contribution is -0.669. The Morgan fingerprint density at radius 1 is 0.870 bits per heavy atom. The van der Waals surface area contributed by atoms with Crippen molar-refractivity contribution in [3.63, 3.8) is 0 Å². The monoisotopic (exact) mass is 367 g/mol. The summed E-state index contributed by atoms with van der Waals surface area (Å²) >= 11 is 0. The third-order valence-electron chi connectivity index (χ3n) is 3.81. The normalized spacial score (nSPS) is 10.7. The molecule has 0 aliphatic heterocycles. The standard InChI is InChI=1S/C20H18NO.BrH/c1-2-21-19(14-12-18-5-3-4-6-20(18)21)13-11-16-7-9-17(15-22)10-8-16;/h3-15H,2H2,1H3;1H/q+1;/p-1. The molecule has 1 aromatic heterocycles. The van der Waals surface area contributed by atoms with Crippen LogP contribution in [0.1, 0.15) is 28.5 Å². The number of fused-ring (bicyclic) bond motifs is 1. The molecule has 3 aromatic rings. The Hall–Kier alpha value is -2.26. The molecule has 2 nitrogen and oxygen atoms in total. The molecule has 23 heavy (non-hydrogen) atoms. The van der Waals surface area contributed by atoms with Gasteiger partial charge in [0.15, 0.2) is 0 Å². The average molecular weight is 368 g/mol. The van der Waals surface area contributed by atoms with Crippen molar-refractivity contribution in [3.05, 3.63) is 77.5 Å². The SMILES string of the molecule is CC[n+]1c(C=Cc2ccc(C=O)cc2)ccc2ccccc21.[Br-]. The van der Waals surface area contributed by atoms with Crippen molar-refractivity contribution < 1.29 is 26.3 Å². The van der Waals surface area contributed by atoms with Crippen LogP contribution in [0.4, 0.5) is 0 Å². The minimum Gasteiger partial charge on any atom is -1.00 e. The van der Waals surface area contributed by atoms with E-state index in [-0.39, 0.29) is 17.0 Å². The lowest BCUT2D eigenvalue weighted by atomic mass is 10.1. The predicted molar refractivity (Wildman–Crippen MR) is 90.6 cm³/mol. The van der Waals surface area contributed by atoms with E-state index in [2.05, 4.69) is 60.0 Å². The zero-order valence-electron chi connectivity index (χ0n) is 12.9. The van der Waals surface area contributed by atoms with Crippen molar-refractivity contribution >= 4 is 29.3 Å². The second-order valence-electron chi connectivity index (χ2n) is 5.18. The number of nitrogens with zero attached hydrogens (tertiary/aromatic N) is 1. The number of benzene rings is 2. The summed E-state index contributed by atoms with van der Waals surface area (Å²) in [5.41, 5.74) is 4.19. The van der Waals surface area contributed by atoms with Crippen molar-refractivity contribution in [1.82, 2.24) is 0 Å². The number of carbonyl (C=O) groups is 1. The topological polar surface area (TPSA) is 20.9 Å². The first-order chi connectivity index (χ1) is 10.8. The number of aromatic nitrogens is 1. The number of aryl methyl sites for hydroxylation is 1. The molecule has 0 saturated carbocycles. The molecule has 3 heteroatoms. The summed E-state index contributed by atoms with van der Waals surface area (Å²) < 4.78 is 2.30. The van der Waals surface area contributed by atoms with E-state index in [0.717, 1.165) is 18.4 Å². The van der Waals surface area contributed by atoms with E-state index in [0.29, 0.717) is 5.56 Å². The van der Waals surface area contributed by atoms with E-state index in [4.69, 9.17) is 0 Å². The molecule has 1 heterocycles. The maximum absolute atomic E-state index is 10.7.